The summed E-state index contributed by atoms with van der Waals surface area (Å²) in [5.41, 5.74) is 1.85. The zero-order valence-corrected chi connectivity index (χ0v) is 16.7. The van der Waals surface area contributed by atoms with Crippen LogP contribution in [0.4, 0.5) is 5.69 Å². The molecule has 1 atom stereocenters. The van der Waals surface area contributed by atoms with Crippen molar-refractivity contribution in [2.45, 2.75) is 44.6 Å². The van der Waals surface area contributed by atoms with Gasteiger partial charge in [0.1, 0.15) is 6.04 Å². The van der Waals surface area contributed by atoms with Crippen molar-refractivity contribution in [2.24, 2.45) is 11.3 Å². The fraction of sp³-hybridized carbons (Fsp3) is 0.545. The Labute approximate surface area is 174 Å². The van der Waals surface area contributed by atoms with Gasteiger partial charge in [-0.1, -0.05) is 0 Å². The number of amides is 4. The van der Waals surface area contributed by atoms with Gasteiger partial charge in [0.2, 0.25) is 11.8 Å². The summed E-state index contributed by atoms with van der Waals surface area (Å²) in [5.74, 6) is -1.49. The molecular weight excluding hydrogens is 386 g/mol. The maximum absolute atomic E-state index is 13.0. The number of fused-ring (bicyclic) bond motifs is 1. The number of imide groups is 2. The van der Waals surface area contributed by atoms with Crippen LogP contribution in [0.3, 0.4) is 0 Å². The first-order chi connectivity index (χ1) is 14.4. The predicted molar refractivity (Wildman–Crippen MR) is 107 cm³/mol. The molecule has 3 fully saturated rings. The molecule has 8 heteroatoms. The van der Waals surface area contributed by atoms with E-state index in [1.165, 1.54) is 0 Å². The lowest BCUT2D eigenvalue weighted by Gasteiger charge is -2.54. The molecule has 0 radical (unpaired) electrons. The van der Waals surface area contributed by atoms with E-state index in [1.807, 2.05) is 6.07 Å². The molecule has 1 unspecified atom stereocenters. The van der Waals surface area contributed by atoms with Crippen molar-refractivity contribution in [3.8, 4) is 0 Å². The Morgan fingerprint density at radius 3 is 2.37 bits per heavy atom. The standard InChI is InChI=1S/C22H25N3O5/c26-10-13-5-7-22(8-6-13)11-24(12-22)14-1-2-15-16(9-14)21(30)25(20(15)29)17-3-4-18(27)23-19(17)28/h1-2,9,13,17,26H,3-8,10-12H2,(H,23,27,28). The lowest BCUT2D eigenvalue weighted by Crippen LogP contribution is -2.58. The molecule has 30 heavy (non-hydrogen) atoms. The average molecular weight is 411 g/mol. The fourth-order valence-corrected chi connectivity index (χ4v) is 5.39. The van der Waals surface area contributed by atoms with E-state index < -0.39 is 23.8 Å². The maximum atomic E-state index is 13.0. The summed E-state index contributed by atoms with van der Waals surface area (Å²) in [4.78, 5) is 52.6. The second kappa shape index (κ2) is 6.91. The number of rotatable bonds is 3. The number of carbonyl (C=O) groups is 4. The lowest BCUT2D eigenvalue weighted by atomic mass is 9.66. The molecule has 3 heterocycles. The van der Waals surface area contributed by atoms with Crippen molar-refractivity contribution in [1.29, 1.82) is 0 Å². The number of benzene rings is 1. The Bertz CT molecular complexity index is 942. The zero-order valence-electron chi connectivity index (χ0n) is 16.7. The van der Waals surface area contributed by atoms with Crippen LogP contribution in [0.1, 0.15) is 59.2 Å². The fourth-order valence-electron chi connectivity index (χ4n) is 5.39. The van der Waals surface area contributed by atoms with Crippen molar-refractivity contribution in [1.82, 2.24) is 10.2 Å². The minimum Gasteiger partial charge on any atom is -0.396 e. The van der Waals surface area contributed by atoms with Crippen molar-refractivity contribution in [2.75, 3.05) is 24.6 Å². The Kier molecular flexibility index (Phi) is 4.43. The van der Waals surface area contributed by atoms with Gasteiger partial charge < -0.3 is 10.0 Å². The first-order valence-corrected chi connectivity index (χ1v) is 10.6. The number of nitrogens with zero attached hydrogens (tertiary/aromatic N) is 2. The second-order valence-corrected chi connectivity index (χ2v) is 9.16. The van der Waals surface area contributed by atoms with Gasteiger partial charge in [-0.05, 0) is 56.2 Å². The van der Waals surface area contributed by atoms with Crippen LogP contribution in [-0.4, -0.2) is 59.4 Å². The molecule has 2 N–H and O–H groups in total. The number of anilines is 1. The third-order valence-electron chi connectivity index (χ3n) is 7.27. The number of hydrogen-bond acceptors (Lipinski definition) is 6. The minimum absolute atomic E-state index is 0.113. The molecule has 3 aliphatic heterocycles. The molecule has 1 saturated carbocycles. The Morgan fingerprint density at radius 2 is 1.70 bits per heavy atom. The van der Waals surface area contributed by atoms with Gasteiger partial charge >= 0.3 is 0 Å². The monoisotopic (exact) mass is 411 g/mol. The molecule has 4 aliphatic rings. The first kappa shape index (κ1) is 19.2. The third kappa shape index (κ3) is 2.93. The van der Waals surface area contributed by atoms with Gasteiger partial charge in [-0.15, -0.1) is 0 Å². The average Bonchev–Trinajstić information content (AvgIpc) is 2.96. The number of carbonyl (C=O) groups excluding carboxylic acids is 4. The van der Waals surface area contributed by atoms with Crippen LogP contribution in [0.5, 0.6) is 0 Å². The second-order valence-electron chi connectivity index (χ2n) is 9.16. The number of hydrogen-bond donors (Lipinski definition) is 2. The molecule has 0 aromatic heterocycles. The topological polar surface area (TPSA) is 107 Å². The van der Waals surface area contributed by atoms with Gasteiger partial charge in [0.15, 0.2) is 0 Å². The Balaban J connectivity index is 1.31. The predicted octanol–water partition coefficient (Wildman–Crippen LogP) is 1.08. The van der Waals surface area contributed by atoms with Crippen LogP contribution in [0.25, 0.3) is 0 Å². The normalized spacial score (nSPS) is 26.1. The molecule has 4 amide bonds. The van der Waals surface area contributed by atoms with Crippen LogP contribution >= 0.6 is 0 Å². The summed E-state index contributed by atoms with van der Waals surface area (Å²) < 4.78 is 0. The van der Waals surface area contributed by atoms with E-state index in [0.717, 1.165) is 49.4 Å². The van der Waals surface area contributed by atoms with Crippen molar-refractivity contribution in [3.63, 3.8) is 0 Å². The molecule has 1 aliphatic carbocycles. The van der Waals surface area contributed by atoms with E-state index in [9.17, 15) is 24.3 Å². The number of piperidine rings is 1. The van der Waals surface area contributed by atoms with Crippen LogP contribution in [0, 0.1) is 11.3 Å². The zero-order chi connectivity index (χ0) is 21.0. The summed E-state index contributed by atoms with van der Waals surface area (Å²) in [7, 11) is 0. The van der Waals surface area contributed by atoms with Gasteiger partial charge in [0, 0.05) is 37.2 Å². The quantitative estimate of drug-likeness (QED) is 0.721. The van der Waals surface area contributed by atoms with Crippen LogP contribution in [0.15, 0.2) is 18.2 Å². The van der Waals surface area contributed by atoms with Gasteiger partial charge in [-0.3, -0.25) is 29.4 Å². The van der Waals surface area contributed by atoms with Crippen molar-refractivity contribution < 1.29 is 24.3 Å². The molecule has 5 rings (SSSR count). The molecule has 2 saturated heterocycles. The number of aliphatic hydroxyl groups excluding tert-OH is 1. The highest BCUT2D eigenvalue weighted by molar-refractivity contribution is 6.23. The Hall–Kier alpha value is -2.74. The van der Waals surface area contributed by atoms with E-state index in [2.05, 4.69) is 10.2 Å². The molecule has 158 valence electrons. The molecule has 8 nitrogen and oxygen atoms in total. The van der Waals surface area contributed by atoms with Crippen LogP contribution in [-0.2, 0) is 9.59 Å². The van der Waals surface area contributed by atoms with Crippen molar-refractivity contribution in [3.05, 3.63) is 29.3 Å². The van der Waals surface area contributed by atoms with E-state index >= 15 is 0 Å². The van der Waals surface area contributed by atoms with Gasteiger partial charge in [0.05, 0.1) is 11.1 Å². The highest BCUT2D eigenvalue weighted by Gasteiger charge is 2.47. The first-order valence-electron chi connectivity index (χ1n) is 10.6. The largest absolute Gasteiger partial charge is 0.396 e. The van der Waals surface area contributed by atoms with Gasteiger partial charge in [-0.2, -0.15) is 0 Å². The van der Waals surface area contributed by atoms with Crippen LogP contribution < -0.4 is 10.2 Å². The SMILES string of the molecule is O=C1CCC(N2C(=O)c3ccc(N4CC5(CCC(CO)CC5)C4)cc3C2=O)C(=O)N1. The molecule has 1 aromatic carbocycles. The molecule has 1 aromatic rings. The third-order valence-corrected chi connectivity index (χ3v) is 7.27. The highest BCUT2D eigenvalue weighted by Crippen LogP contribution is 2.47. The molecular formula is C22H25N3O5. The van der Waals surface area contributed by atoms with E-state index in [-0.39, 0.29) is 25.4 Å². The Morgan fingerprint density at radius 1 is 1.00 bits per heavy atom. The van der Waals surface area contributed by atoms with E-state index in [1.54, 1.807) is 12.1 Å². The lowest BCUT2D eigenvalue weighted by molar-refractivity contribution is -0.136. The van der Waals surface area contributed by atoms with E-state index in [4.69, 9.17) is 0 Å². The number of aliphatic hydroxyl groups is 1. The smallest absolute Gasteiger partial charge is 0.262 e. The van der Waals surface area contributed by atoms with E-state index in [0.29, 0.717) is 22.5 Å². The van der Waals surface area contributed by atoms with Crippen LogP contribution in [0.2, 0.25) is 0 Å². The molecule has 1 spiro atoms. The highest BCUT2D eigenvalue weighted by atomic mass is 16.3. The summed E-state index contributed by atoms with van der Waals surface area (Å²) >= 11 is 0. The number of nitrogens with one attached hydrogen (secondary N) is 1. The van der Waals surface area contributed by atoms with Crippen molar-refractivity contribution >= 4 is 29.3 Å². The molecule has 0 bridgehead atoms. The van der Waals surface area contributed by atoms with Gasteiger partial charge in [-0.25, -0.2) is 0 Å². The summed E-state index contributed by atoms with van der Waals surface area (Å²) in [6, 6.07) is 4.36. The van der Waals surface area contributed by atoms with Gasteiger partial charge in [0.25, 0.3) is 11.8 Å². The summed E-state index contributed by atoms with van der Waals surface area (Å²) in [6.45, 7) is 2.11. The maximum Gasteiger partial charge on any atom is 0.262 e. The summed E-state index contributed by atoms with van der Waals surface area (Å²) in [5, 5.41) is 11.6. The minimum atomic E-state index is -0.937. The summed E-state index contributed by atoms with van der Waals surface area (Å²) in [6.07, 6.45) is 4.61.